The Labute approximate surface area is 137 Å². The average molecular weight is 373 g/mol. The summed E-state index contributed by atoms with van der Waals surface area (Å²) in [5.41, 5.74) is -0.751. The lowest BCUT2D eigenvalue weighted by atomic mass is 10.1. The van der Waals surface area contributed by atoms with E-state index in [2.05, 4.69) is 4.74 Å². The maximum atomic E-state index is 12.5. The van der Waals surface area contributed by atoms with Gasteiger partial charge in [-0.3, -0.25) is 9.59 Å². The van der Waals surface area contributed by atoms with Crippen LogP contribution in [0.25, 0.3) is 0 Å². The first-order valence-electron chi connectivity index (χ1n) is 6.68. The van der Waals surface area contributed by atoms with Gasteiger partial charge in [-0.15, -0.1) is 0 Å². The first kappa shape index (κ1) is 20.7. The summed E-state index contributed by atoms with van der Waals surface area (Å²) in [6, 6.07) is 3.58. The van der Waals surface area contributed by atoms with Gasteiger partial charge in [-0.1, -0.05) is 12.1 Å². The smallest absolute Gasteiger partial charge is 0.416 e. The zero-order valence-corrected chi connectivity index (χ0v) is 12.5. The van der Waals surface area contributed by atoms with E-state index in [0.717, 1.165) is 24.3 Å². The van der Waals surface area contributed by atoms with Crippen molar-refractivity contribution in [2.75, 3.05) is 19.8 Å². The van der Waals surface area contributed by atoms with E-state index in [4.69, 9.17) is 5.11 Å². The molecule has 1 aromatic carbocycles. The van der Waals surface area contributed by atoms with Gasteiger partial charge in [0.25, 0.3) is 0 Å². The molecule has 0 fully saturated rings. The number of rotatable bonds is 7. The molecule has 25 heavy (non-hydrogen) atoms. The Morgan fingerprint density at radius 1 is 1.04 bits per heavy atom. The summed E-state index contributed by atoms with van der Waals surface area (Å²) in [6.45, 7) is -3.92. The number of hydrogen-bond acceptors (Lipinski definition) is 3. The summed E-state index contributed by atoms with van der Waals surface area (Å²) < 4.78 is 77.5. The Hall–Kier alpha value is -2.30. The topological polar surface area (TPSA) is 66.8 Å². The van der Waals surface area contributed by atoms with Crippen molar-refractivity contribution in [1.29, 1.82) is 0 Å². The molecule has 0 radical (unpaired) electrons. The van der Waals surface area contributed by atoms with E-state index < -0.39 is 56.1 Å². The number of hydrogen-bond donors (Lipinski definition) is 1. The molecule has 140 valence electrons. The van der Waals surface area contributed by atoms with Crippen LogP contribution in [0.2, 0.25) is 0 Å². The van der Waals surface area contributed by atoms with Crippen LogP contribution in [-0.2, 0) is 27.0 Å². The van der Waals surface area contributed by atoms with Crippen molar-refractivity contribution in [3.63, 3.8) is 0 Å². The van der Waals surface area contributed by atoms with Gasteiger partial charge in [-0.2, -0.15) is 26.3 Å². The minimum absolute atomic E-state index is 0.179. The zero-order valence-electron chi connectivity index (χ0n) is 12.5. The maximum Gasteiger partial charge on any atom is 0.416 e. The van der Waals surface area contributed by atoms with Crippen LogP contribution in [0.3, 0.4) is 0 Å². The van der Waals surface area contributed by atoms with Crippen molar-refractivity contribution in [3.05, 3.63) is 35.4 Å². The largest absolute Gasteiger partial charge is 0.480 e. The van der Waals surface area contributed by atoms with Crippen LogP contribution in [0.4, 0.5) is 26.3 Å². The summed E-state index contributed by atoms with van der Waals surface area (Å²) in [6.07, 6.45) is -9.20. The third-order valence-corrected chi connectivity index (χ3v) is 2.82. The standard InChI is InChI=1S/C14H13F6NO4/c15-13(16,17)8-25-7-11(22)21(6-12(23)24)5-9-1-3-10(4-2-9)14(18,19)20/h1-4H,5-8H2,(H,23,24). The fourth-order valence-electron chi connectivity index (χ4n) is 1.76. The predicted octanol–water partition coefficient (Wildman–Crippen LogP) is 2.70. The fourth-order valence-corrected chi connectivity index (χ4v) is 1.76. The number of nitrogens with zero attached hydrogens (tertiary/aromatic N) is 1. The highest BCUT2D eigenvalue weighted by Gasteiger charge is 2.30. The Morgan fingerprint density at radius 3 is 2.04 bits per heavy atom. The molecular formula is C14H13F6NO4. The van der Waals surface area contributed by atoms with Gasteiger partial charge in [0.2, 0.25) is 5.91 Å². The SMILES string of the molecule is O=C(O)CN(Cc1ccc(C(F)(F)F)cc1)C(=O)COCC(F)(F)F. The van der Waals surface area contributed by atoms with Gasteiger partial charge in [0.1, 0.15) is 19.8 Å². The van der Waals surface area contributed by atoms with Crippen LogP contribution in [-0.4, -0.2) is 47.8 Å². The monoisotopic (exact) mass is 373 g/mol. The summed E-state index contributed by atoms with van der Waals surface area (Å²) in [5, 5.41) is 8.75. The molecule has 0 aliphatic heterocycles. The van der Waals surface area contributed by atoms with Crippen molar-refractivity contribution >= 4 is 11.9 Å². The van der Waals surface area contributed by atoms with Crippen LogP contribution in [0.1, 0.15) is 11.1 Å². The Bertz CT molecular complexity index is 597. The normalized spacial score (nSPS) is 12.1. The van der Waals surface area contributed by atoms with Crippen molar-refractivity contribution in [1.82, 2.24) is 4.90 Å². The van der Waals surface area contributed by atoms with Crippen LogP contribution < -0.4 is 0 Å². The second-order valence-electron chi connectivity index (χ2n) is 4.95. The number of carboxylic acids is 1. The van der Waals surface area contributed by atoms with Gasteiger partial charge >= 0.3 is 18.3 Å². The van der Waals surface area contributed by atoms with E-state index in [1.165, 1.54) is 0 Å². The molecule has 0 saturated heterocycles. The molecule has 0 heterocycles. The molecule has 11 heteroatoms. The van der Waals surface area contributed by atoms with Crippen molar-refractivity contribution < 1.29 is 45.8 Å². The average Bonchev–Trinajstić information content (AvgIpc) is 2.44. The van der Waals surface area contributed by atoms with Crippen LogP contribution in [0, 0.1) is 0 Å². The number of carbonyl (C=O) groups excluding carboxylic acids is 1. The van der Waals surface area contributed by atoms with Crippen LogP contribution in [0.5, 0.6) is 0 Å². The number of alkyl halides is 6. The molecule has 0 aromatic heterocycles. The predicted molar refractivity (Wildman–Crippen MR) is 71.4 cm³/mol. The molecule has 0 spiro atoms. The highest BCUT2D eigenvalue weighted by Crippen LogP contribution is 2.29. The Balaban J connectivity index is 2.75. The lowest BCUT2D eigenvalue weighted by Crippen LogP contribution is -2.38. The molecule has 1 N–H and O–H groups in total. The molecule has 0 bridgehead atoms. The van der Waals surface area contributed by atoms with Crippen molar-refractivity contribution in [3.8, 4) is 0 Å². The van der Waals surface area contributed by atoms with Gasteiger partial charge in [-0.05, 0) is 17.7 Å². The number of amides is 1. The van der Waals surface area contributed by atoms with Gasteiger partial charge in [0.15, 0.2) is 0 Å². The minimum Gasteiger partial charge on any atom is -0.480 e. The summed E-state index contributed by atoms with van der Waals surface area (Å²) in [4.78, 5) is 23.2. The maximum absolute atomic E-state index is 12.5. The van der Waals surface area contributed by atoms with E-state index in [1.807, 2.05) is 0 Å². The van der Waals surface area contributed by atoms with Crippen LogP contribution >= 0.6 is 0 Å². The van der Waals surface area contributed by atoms with E-state index in [1.54, 1.807) is 0 Å². The molecule has 1 rings (SSSR count). The lowest BCUT2D eigenvalue weighted by Gasteiger charge is -2.21. The molecule has 1 aromatic rings. The number of ether oxygens (including phenoxy) is 1. The Morgan fingerprint density at radius 2 is 1.60 bits per heavy atom. The lowest BCUT2D eigenvalue weighted by molar-refractivity contribution is -0.178. The van der Waals surface area contributed by atoms with E-state index in [0.29, 0.717) is 4.90 Å². The highest BCUT2D eigenvalue weighted by molar-refractivity contribution is 5.82. The third kappa shape index (κ3) is 7.88. The van der Waals surface area contributed by atoms with Crippen molar-refractivity contribution in [2.45, 2.75) is 18.9 Å². The number of carbonyl (C=O) groups is 2. The molecule has 1 amide bonds. The number of halogens is 6. The second-order valence-corrected chi connectivity index (χ2v) is 4.95. The summed E-state index contributed by atoms with van der Waals surface area (Å²) >= 11 is 0. The van der Waals surface area contributed by atoms with E-state index in [9.17, 15) is 35.9 Å². The fraction of sp³-hybridized carbons (Fsp3) is 0.429. The molecule has 0 saturated carbocycles. The number of carboxylic acid groups (broad SMARTS) is 1. The Kier molecular flexibility index (Phi) is 6.79. The zero-order chi connectivity index (χ0) is 19.3. The van der Waals surface area contributed by atoms with Gasteiger partial charge < -0.3 is 14.7 Å². The molecule has 0 unspecified atom stereocenters. The van der Waals surface area contributed by atoms with E-state index >= 15 is 0 Å². The summed E-state index contributed by atoms with van der Waals surface area (Å²) in [7, 11) is 0. The molecule has 0 atom stereocenters. The number of benzene rings is 1. The molecule has 0 aliphatic rings. The first-order valence-corrected chi connectivity index (χ1v) is 6.68. The first-order chi connectivity index (χ1) is 11.4. The van der Waals surface area contributed by atoms with Crippen molar-refractivity contribution in [2.24, 2.45) is 0 Å². The van der Waals surface area contributed by atoms with Gasteiger partial charge in [0, 0.05) is 6.54 Å². The van der Waals surface area contributed by atoms with E-state index in [-0.39, 0.29) is 5.56 Å². The quantitative estimate of drug-likeness (QED) is 0.747. The van der Waals surface area contributed by atoms with Crippen LogP contribution in [0.15, 0.2) is 24.3 Å². The second kappa shape index (κ2) is 8.19. The summed E-state index contributed by atoms with van der Waals surface area (Å²) in [5.74, 6) is -2.47. The van der Waals surface area contributed by atoms with Gasteiger partial charge in [0.05, 0.1) is 5.56 Å². The van der Waals surface area contributed by atoms with Gasteiger partial charge in [-0.25, -0.2) is 0 Å². The third-order valence-electron chi connectivity index (χ3n) is 2.82. The molecule has 0 aliphatic carbocycles. The molecule has 5 nitrogen and oxygen atoms in total. The highest BCUT2D eigenvalue weighted by atomic mass is 19.4. The minimum atomic E-state index is -4.65. The molecular weight excluding hydrogens is 360 g/mol. The number of aliphatic carboxylic acids is 1.